The van der Waals surface area contributed by atoms with Gasteiger partial charge < -0.3 is 19.7 Å². The van der Waals surface area contributed by atoms with E-state index in [9.17, 15) is 14.3 Å². The number of anilines is 1. The Morgan fingerprint density at radius 2 is 2.07 bits per heavy atom. The molecule has 1 fully saturated rings. The molecule has 2 N–H and O–H groups in total. The number of carbonyl (C=O) groups excluding carboxylic acids is 1. The number of ether oxygens (including phenoxy) is 1. The summed E-state index contributed by atoms with van der Waals surface area (Å²) >= 11 is 0. The molecule has 0 unspecified atom stereocenters. The molecule has 0 bridgehead atoms. The minimum Gasteiger partial charge on any atom is -0.387 e. The van der Waals surface area contributed by atoms with Crippen LogP contribution in [-0.2, 0) is 4.74 Å². The number of amides is 1. The number of nitrogens with one attached hydrogen (secondary N) is 1. The van der Waals surface area contributed by atoms with Gasteiger partial charge >= 0.3 is 0 Å². The van der Waals surface area contributed by atoms with Gasteiger partial charge in [-0.2, -0.15) is 0 Å². The van der Waals surface area contributed by atoms with Crippen molar-refractivity contribution in [3.05, 3.63) is 54.5 Å². The van der Waals surface area contributed by atoms with Crippen LogP contribution in [-0.4, -0.2) is 43.9 Å². The molecule has 1 aliphatic heterocycles. The molecule has 7 nitrogen and oxygen atoms in total. The Morgan fingerprint density at radius 1 is 1.30 bits per heavy atom. The Balaban J connectivity index is 1.65. The first-order chi connectivity index (χ1) is 13.1. The van der Waals surface area contributed by atoms with Gasteiger partial charge in [0.15, 0.2) is 12.4 Å². The van der Waals surface area contributed by atoms with E-state index in [1.807, 2.05) is 13.0 Å². The maximum Gasteiger partial charge on any atom is 0.256 e. The summed E-state index contributed by atoms with van der Waals surface area (Å²) in [5, 5.41) is 13.3. The minimum absolute atomic E-state index is 0.301. The number of fused-ring (bicyclic) bond motifs is 1. The zero-order chi connectivity index (χ0) is 19.0. The van der Waals surface area contributed by atoms with Gasteiger partial charge in [-0.25, -0.2) is 14.4 Å². The molecule has 0 saturated carbocycles. The van der Waals surface area contributed by atoms with Gasteiger partial charge in [0.2, 0.25) is 0 Å². The van der Waals surface area contributed by atoms with Crippen LogP contribution < -0.4 is 5.32 Å². The molecule has 2 aromatic heterocycles. The average Bonchev–Trinajstić information content (AvgIpc) is 3.25. The number of hydrogen-bond donors (Lipinski definition) is 2. The Kier molecular flexibility index (Phi) is 4.59. The van der Waals surface area contributed by atoms with Gasteiger partial charge in [-0.15, -0.1) is 0 Å². The number of alkyl halides is 1. The lowest BCUT2D eigenvalue weighted by Crippen LogP contribution is -2.27. The molecule has 1 saturated heterocycles. The number of aromatic nitrogens is 3. The molecule has 140 valence electrons. The second-order valence-corrected chi connectivity index (χ2v) is 6.41. The number of aliphatic hydroxyl groups is 1. The monoisotopic (exact) mass is 370 g/mol. The number of hydrogen-bond acceptors (Lipinski definition) is 5. The summed E-state index contributed by atoms with van der Waals surface area (Å²) in [6.07, 6.45) is -0.865. The maximum atomic E-state index is 14.5. The highest BCUT2D eigenvalue weighted by molar-refractivity contribution is 6.07. The van der Waals surface area contributed by atoms with Gasteiger partial charge in [-0.3, -0.25) is 4.79 Å². The van der Waals surface area contributed by atoms with Crippen molar-refractivity contribution in [2.24, 2.45) is 0 Å². The van der Waals surface area contributed by atoms with Crippen LogP contribution in [0.1, 0.15) is 29.9 Å². The van der Waals surface area contributed by atoms with E-state index < -0.39 is 24.6 Å². The smallest absolute Gasteiger partial charge is 0.256 e. The molecular formula is C19H19FN4O3. The molecule has 8 heteroatoms. The largest absolute Gasteiger partial charge is 0.387 e. The zero-order valence-electron chi connectivity index (χ0n) is 14.6. The Morgan fingerprint density at radius 3 is 2.78 bits per heavy atom. The van der Waals surface area contributed by atoms with Crippen LogP contribution in [0.25, 0.3) is 11.0 Å². The van der Waals surface area contributed by atoms with Crippen LogP contribution in [0.2, 0.25) is 0 Å². The molecular weight excluding hydrogens is 351 g/mol. The van der Waals surface area contributed by atoms with Gasteiger partial charge in [0.05, 0.1) is 11.5 Å². The number of carbonyl (C=O) groups is 1. The van der Waals surface area contributed by atoms with E-state index in [1.54, 1.807) is 36.5 Å². The highest BCUT2D eigenvalue weighted by Gasteiger charge is 2.44. The lowest BCUT2D eigenvalue weighted by Gasteiger charge is -2.16. The van der Waals surface area contributed by atoms with E-state index in [0.29, 0.717) is 28.8 Å². The van der Waals surface area contributed by atoms with Crippen molar-refractivity contribution in [3.63, 3.8) is 0 Å². The predicted octanol–water partition coefficient (Wildman–Crippen LogP) is 2.69. The fourth-order valence-corrected chi connectivity index (χ4v) is 3.31. The van der Waals surface area contributed by atoms with E-state index in [-0.39, 0.29) is 5.91 Å². The third kappa shape index (κ3) is 3.07. The summed E-state index contributed by atoms with van der Waals surface area (Å²) in [6, 6.07) is 10.5. The lowest BCUT2D eigenvalue weighted by atomic mass is 10.1. The summed E-state index contributed by atoms with van der Waals surface area (Å²) in [4.78, 5) is 20.7. The topological polar surface area (TPSA) is 89.3 Å². The predicted molar refractivity (Wildman–Crippen MR) is 97.0 cm³/mol. The summed E-state index contributed by atoms with van der Waals surface area (Å²) in [5.41, 5.74) is 0.922. The van der Waals surface area contributed by atoms with E-state index >= 15 is 0 Å². The Labute approximate surface area is 154 Å². The van der Waals surface area contributed by atoms with Crippen LogP contribution in [0.15, 0.2) is 48.9 Å². The summed E-state index contributed by atoms with van der Waals surface area (Å²) in [5.74, 6) is 0.0268. The SMILES string of the molecule is CC[C@H]1O[C@@H](n2ccc3c(NC(=O)c4ccccc4)ncnc32)[C@H](F)[C@@H]1O. The van der Waals surface area contributed by atoms with Crippen LogP contribution in [0.3, 0.4) is 0 Å². The van der Waals surface area contributed by atoms with Crippen LogP contribution in [0, 0.1) is 0 Å². The minimum atomic E-state index is -1.57. The van der Waals surface area contributed by atoms with Crippen molar-refractivity contribution in [2.75, 3.05) is 5.32 Å². The number of rotatable bonds is 4. The van der Waals surface area contributed by atoms with E-state index in [0.717, 1.165) is 0 Å². The normalized spacial score (nSPS) is 25.0. The first-order valence-corrected chi connectivity index (χ1v) is 8.75. The number of aliphatic hydroxyl groups excluding tert-OH is 1. The Bertz CT molecular complexity index is 962. The summed E-state index contributed by atoms with van der Waals surface area (Å²) in [6.45, 7) is 1.83. The van der Waals surface area contributed by atoms with Gasteiger partial charge in [0, 0.05) is 11.8 Å². The van der Waals surface area contributed by atoms with Crippen LogP contribution in [0.5, 0.6) is 0 Å². The van der Waals surface area contributed by atoms with Crippen molar-refractivity contribution in [2.45, 2.75) is 38.0 Å². The maximum absolute atomic E-state index is 14.5. The Hall–Kier alpha value is -2.84. The molecule has 3 heterocycles. The highest BCUT2D eigenvalue weighted by atomic mass is 19.1. The van der Waals surface area contributed by atoms with Gasteiger partial charge in [-0.05, 0) is 24.6 Å². The molecule has 4 rings (SSSR count). The van der Waals surface area contributed by atoms with Gasteiger partial charge in [0.1, 0.15) is 23.9 Å². The van der Waals surface area contributed by atoms with Crippen molar-refractivity contribution in [1.29, 1.82) is 0 Å². The third-order valence-electron chi connectivity index (χ3n) is 4.75. The zero-order valence-corrected chi connectivity index (χ0v) is 14.6. The second kappa shape index (κ2) is 7.05. The molecule has 3 aromatic rings. The molecule has 0 radical (unpaired) electrons. The third-order valence-corrected chi connectivity index (χ3v) is 4.75. The first kappa shape index (κ1) is 17.6. The first-order valence-electron chi connectivity index (χ1n) is 8.75. The number of benzene rings is 1. The standard InChI is InChI=1S/C19H19FN4O3/c1-2-13-15(25)14(20)19(27-13)24-9-8-12-16(21-10-22-17(12)24)23-18(26)11-6-4-3-5-7-11/h3-10,13-15,19,25H,2H2,1H3,(H,21,22,23,26)/t13-,14-,15-,19-/m1/s1. The molecule has 1 aliphatic rings. The van der Waals surface area contributed by atoms with Crippen LogP contribution >= 0.6 is 0 Å². The fourth-order valence-electron chi connectivity index (χ4n) is 3.31. The van der Waals surface area contributed by atoms with E-state index in [2.05, 4.69) is 15.3 Å². The molecule has 1 aromatic carbocycles. The van der Waals surface area contributed by atoms with Gasteiger partial charge in [-0.1, -0.05) is 25.1 Å². The lowest BCUT2D eigenvalue weighted by molar-refractivity contribution is -0.0235. The quantitative estimate of drug-likeness (QED) is 0.737. The van der Waals surface area contributed by atoms with Crippen molar-refractivity contribution < 1.29 is 19.0 Å². The van der Waals surface area contributed by atoms with Crippen molar-refractivity contribution in [3.8, 4) is 0 Å². The summed E-state index contributed by atoms with van der Waals surface area (Å²) in [7, 11) is 0. The van der Waals surface area contributed by atoms with E-state index in [4.69, 9.17) is 4.74 Å². The summed E-state index contributed by atoms with van der Waals surface area (Å²) < 4.78 is 21.7. The van der Waals surface area contributed by atoms with Crippen molar-refractivity contribution >= 4 is 22.8 Å². The fraction of sp³-hybridized carbons (Fsp3) is 0.316. The molecule has 4 atom stereocenters. The highest BCUT2D eigenvalue weighted by Crippen LogP contribution is 2.35. The molecule has 0 aliphatic carbocycles. The molecule has 27 heavy (non-hydrogen) atoms. The second-order valence-electron chi connectivity index (χ2n) is 6.41. The van der Waals surface area contributed by atoms with Crippen LogP contribution in [0.4, 0.5) is 10.2 Å². The molecule has 1 amide bonds. The number of halogens is 1. The number of nitrogens with zero attached hydrogens (tertiary/aromatic N) is 3. The van der Waals surface area contributed by atoms with Crippen molar-refractivity contribution in [1.82, 2.24) is 14.5 Å². The van der Waals surface area contributed by atoms with Gasteiger partial charge in [0.25, 0.3) is 5.91 Å². The molecule has 0 spiro atoms. The van der Waals surface area contributed by atoms with E-state index in [1.165, 1.54) is 10.9 Å². The average molecular weight is 370 g/mol.